The molecule has 0 atom stereocenters. The highest BCUT2D eigenvalue weighted by Crippen LogP contribution is 2.08. The molecule has 0 amide bonds. The van der Waals surface area contributed by atoms with Gasteiger partial charge in [0.15, 0.2) is 0 Å². The first kappa shape index (κ1) is 11.8. The largest absolute Gasteiger partial charge is 0.384 e. The standard InChI is InChI=1S/C11H14N4OS/c1-3-12-9-4-11(16)15(13-5-9)6-10-7-17-8(2)14-10/h4-5,7,12H,3,6H2,1-2H3. The Balaban J connectivity index is 2.19. The van der Waals surface area contributed by atoms with Gasteiger partial charge in [-0.2, -0.15) is 5.10 Å². The van der Waals surface area contributed by atoms with Gasteiger partial charge in [0, 0.05) is 18.0 Å². The van der Waals surface area contributed by atoms with Crippen LogP contribution in [-0.2, 0) is 6.54 Å². The number of nitrogens with zero attached hydrogens (tertiary/aromatic N) is 3. The minimum Gasteiger partial charge on any atom is -0.384 e. The molecule has 0 saturated carbocycles. The summed E-state index contributed by atoms with van der Waals surface area (Å²) in [7, 11) is 0. The summed E-state index contributed by atoms with van der Waals surface area (Å²) in [5.41, 5.74) is 1.51. The highest BCUT2D eigenvalue weighted by Gasteiger charge is 2.03. The average Bonchev–Trinajstić information content (AvgIpc) is 2.69. The smallest absolute Gasteiger partial charge is 0.269 e. The number of nitrogens with one attached hydrogen (secondary N) is 1. The van der Waals surface area contributed by atoms with Crippen LogP contribution in [0.5, 0.6) is 0 Å². The van der Waals surface area contributed by atoms with Crippen molar-refractivity contribution in [3.05, 3.63) is 38.7 Å². The first-order valence-corrected chi connectivity index (χ1v) is 6.29. The fourth-order valence-corrected chi connectivity index (χ4v) is 2.09. The van der Waals surface area contributed by atoms with Crippen molar-refractivity contribution in [1.82, 2.24) is 14.8 Å². The molecule has 0 saturated heterocycles. The average molecular weight is 250 g/mol. The molecule has 6 heteroatoms. The Bertz CT molecular complexity index is 561. The Morgan fingerprint density at radius 1 is 1.53 bits per heavy atom. The second-order valence-corrected chi connectivity index (χ2v) is 4.69. The van der Waals surface area contributed by atoms with Crippen LogP contribution >= 0.6 is 11.3 Å². The van der Waals surface area contributed by atoms with Crippen LogP contribution in [-0.4, -0.2) is 21.3 Å². The maximum Gasteiger partial charge on any atom is 0.269 e. The molecule has 0 aliphatic rings. The third kappa shape index (κ3) is 2.91. The lowest BCUT2D eigenvalue weighted by Gasteiger charge is -2.05. The number of thiazole rings is 1. The number of anilines is 1. The maximum atomic E-state index is 11.8. The Morgan fingerprint density at radius 3 is 2.94 bits per heavy atom. The molecule has 0 bridgehead atoms. The van der Waals surface area contributed by atoms with Crippen molar-refractivity contribution in [2.45, 2.75) is 20.4 Å². The summed E-state index contributed by atoms with van der Waals surface area (Å²) in [5.74, 6) is 0. The van der Waals surface area contributed by atoms with E-state index in [1.165, 1.54) is 4.68 Å². The molecule has 17 heavy (non-hydrogen) atoms. The van der Waals surface area contributed by atoms with Crippen LogP contribution in [0.15, 0.2) is 22.4 Å². The fraction of sp³-hybridized carbons (Fsp3) is 0.364. The van der Waals surface area contributed by atoms with Gasteiger partial charge < -0.3 is 5.32 Å². The zero-order valence-electron chi connectivity index (χ0n) is 9.80. The fourth-order valence-electron chi connectivity index (χ4n) is 1.49. The van der Waals surface area contributed by atoms with E-state index in [9.17, 15) is 4.79 Å². The number of aromatic nitrogens is 3. The lowest BCUT2D eigenvalue weighted by Crippen LogP contribution is -2.23. The number of rotatable bonds is 4. The summed E-state index contributed by atoms with van der Waals surface area (Å²) in [5, 5.41) is 10.1. The number of aryl methyl sites for hydroxylation is 1. The molecule has 0 spiro atoms. The topological polar surface area (TPSA) is 59.8 Å². The van der Waals surface area contributed by atoms with E-state index in [-0.39, 0.29) is 5.56 Å². The van der Waals surface area contributed by atoms with Gasteiger partial charge in [-0.15, -0.1) is 11.3 Å². The second kappa shape index (κ2) is 5.09. The van der Waals surface area contributed by atoms with Gasteiger partial charge >= 0.3 is 0 Å². The third-order valence-corrected chi connectivity index (χ3v) is 3.05. The van der Waals surface area contributed by atoms with E-state index in [0.717, 1.165) is 22.9 Å². The SMILES string of the molecule is CCNc1cnn(Cc2csc(C)n2)c(=O)c1. The van der Waals surface area contributed by atoms with Crippen molar-refractivity contribution in [2.75, 3.05) is 11.9 Å². The summed E-state index contributed by atoms with van der Waals surface area (Å²) in [6.45, 7) is 5.12. The van der Waals surface area contributed by atoms with Crippen LogP contribution in [0.25, 0.3) is 0 Å². The summed E-state index contributed by atoms with van der Waals surface area (Å²) >= 11 is 1.57. The van der Waals surface area contributed by atoms with Crippen LogP contribution in [0, 0.1) is 6.92 Å². The quantitative estimate of drug-likeness (QED) is 0.893. The predicted octanol–water partition coefficient (Wildman–Crippen LogP) is 1.49. The van der Waals surface area contributed by atoms with Crippen LogP contribution in [0.3, 0.4) is 0 Å². The van der Waals surface area contributed by atoms with E-state index < -0.39 is 0 Å². The lowest BCUT2D eigenvalue weighted by atomic mass is 10.4. The van der Waals surface area contributed by atoms with Crippen molar-refractivity contribution in [2.24, 2.45) is 0 Å². The van der Waals surface area contributed by atoms with Crippen LogP contribution in [0.2, 0.25) is 0 Å². The van der Waals surface area contributed by atoms with Gasteiger partial charge in [-0.3, -0.25) is 4.79 Å². The third-order valence-electron chi connectivity index (χ3n) is 2.23. The highest BCUT2D eigenvalue weighted by atomic mass is 32.1. The van der Waals surface area contributed by atoms with E-state index in [4.69, 9.17) is 0 Å². The van der Waals surface area contributed by atoms with Gasteiger partial charge in [-0.05, 0) is 13.8 Å². The minimum absolute atomic E-state index is 0.117. The van der Waals surface area contributed by atoms with Gasteiger partial charge in [0.2, 0.25) is 0 Å². The molecule has 0 fully saturated rings. The van der Waals surface area contributed by atoms with Gasteiger partial charge in [0.25, 0.3) is 5.56 Å². The minimum atomic E-state index is -0.117. The van der Waals surface area contributed by atoms with Crippen molar-refractivity contribution in [3.8, 4) is 0 Å². The molecule has 0 aromatic carbocycles. The Kier molecular flexibility index (Phi) is 3.53. The van der Waals surface area contributed by atoms with Gasteiger partial charge in [-0.1, -0.05) is 0 Å². The van der Waals surface area contributed by atoms with E-state index in [0.29, 0.717) is 6.54 Å². The molecule has 0 unspecified atom stereocenters. The van der Waals surface area contributed by atoms with Gasteiger partial charge in [0.05, 0.1) is 29.1 Å². The van der Waals surface area contributed by atoms with Gasteiger partial charge in [0.1, 0.15) is 0 Å². The molecular weight excluding hydrogens is 236 g/mol. The first-order chi connectivity index (χ1) is 8.19. The van der Waals surface area contributed by atoms with Crippen molar-refractivity contribution in [1.29, 1.82) is 0 Å². The highest BCUT2D eigenvalue weighted by molar-refractivity contribution is 7.09. The van der Waals surface area contributed by atoms with E-state index in [1.54, 1.807) is 23.6 Å². The Hall–Kier alpha value is -1.69. The second-order valence-electron chi connectivity index (χ2n) is 3.63. The Morgan fingerprint density at radius 2 is 2.35 bits per heavy atom. The zero-order chi connectivity index (χ0) is 12.3. The summed E-state index contributed by atoms with van der Waals surface area (Å²) in [6, 6.07) is 1.55. The molecule has 2 heterocycles. The maximum absolute atomic E-state index is 11.8. The summed E-state index contributed by atoms with van der Waals surface area (Å²) < 4.78 is 1.41. The lowest BCUT2D eigenvalue weighted by molar-refractivity contribution is 0.630. The molecule has 5 nitrogen and oxygen atoms in total. The number of hydrogen-bond donors (Lipinski definition) is 1. The summed E-state index contributed by atoms with van der Waals surface area (Å²) in [6.07, 6.45) is 1.66. The number of hydrogen-bond acceptors (Lipinski definition) is 5. The molecule has 90 valence electrons. The van der Waals surface area contributed by atoms with E-state index in [2.05, 4.69) is 15.4 Å². The van der Waals surface area contributed by atoms with Crippen molar-refractivity contribution >= 4 is 17.0 Å². The normalized spacial score (nSPS) is 10.5. The van der Waals surface area contributed by atoms with Crippen LogP contribution in [0.1, 0.15) is 17.6 Å². The van der Waals surface area contributed by atoms with Crippen LogP contribution in [0.4, 0.5) is 5.69 Å². The molecule has 0 radical (unpaired) electrons. The van der Waals surface area contributed by atoms with E-state index >= 15 is 0 Å². The molecule has 0 aliphatic carbocycles. The van der Waals surface area contributed by atoms with Crippen LogP contribution < -0.4 is 10.9 Å². The molecule has 0 aliphatic heterocycles. The molecule has 2 rings (SSSR count). The first-order valence-electron chi connectivity index (χ1n) is 5.41. The molecule has 2 aromatic heterocycles. The monoisotopic (exact) mass is 250 g/mol. The summed E-state index contributed by atoms with van der Waals surface area (Å²) in [4.78, 5) is 16.1. The van der Waals surface area contributed by atoms with E-state index in [1.807, 2.05) is 19.2 Å². The zero-order valence-corrected chi connectivity index (χ0v) is 10.6. The van der Waals surface area contributed by atoms with Crippen molar-refractivity contribution in [3.63, 3.8) is 0 Å². The Labute approximate surface area is 103 Å². The molecular formula is C11H14N4OS. The van der Waals surface area contributed by atoms with Gasteiger partial charge in [-0.25, -0.2) is 9.67 Å². The predicted molar refractivity (Wildman–Crippen MR) is 68.6 cm³/mol. The molecule has 1 N–H and O–H groups in total. The van der Waals surface area contributed by atoms with Crippen molar-refractivity contribution < 1.29 is 0 Å². The molecule has 2 aromatic rings.